The lowest BCUT2D eigenvalue weighted by molar-refractivity contribution is 0.0963. The number of aromatic nitrogens is 2. The van der Waals surface area contributed by atoms with Gasteiger partial charge in [-0.3, -0.25) is 4.79 Å². The zero-order valence-electron chi connectivity index (χ0n) is 12.7. The molecule has 120 valence electrons. The van der Waals surface area contributed by atoms with E-state index in [0.717, 1.165) is 12.1 Å². The molecule has 0 bridgehead atoms. The quantitative estimate of drug-likeness (QED) is 0.771. The molecule has 6 heteroatoms. The molecule has 1 aromatic carbocycles. The molecule has 0 spiro atoms. The number of thiophene rings is 1. The summed E-state index contributed by atoms with van der Waals surface area (Å²) in [7, 11) is 0. The van der Waals surface area contributed by atoms with E-state index in [2.05, 4.69) is 21.4 Å². The molecule has 1 atom stereocenters. The number of halogens is 1. The van der Waals surface area contributed by atoms with Gasteiger partial charge in [0.2, 0.25) is 5.95 Å². The second kappa shape index (κ2) is 6.13. The van der Waals surface area contributed by atoms with Gasteiger partial charge in [0, 0.05) is 29.1 Å². The summed E-state index contributed by atoms with van der Waals surface area (Å²) >= 11 is 1.67. The van der Waals surface area contributed by atoms with Crippen molar-refractivity contribution in [2.45, 2.75) is 18.8 Å². The molecule has 0 saturated carbocycles. The molecule has 1 aliphatic rings. The maximum Gasteiger partial charge on any atom is 0.227 e. The number of fused-ring (bicyclic) bond motifs is 1. The average molecular weight is 339 g/mol. The Morgan fingerprint density at radius 2 is 2.00 bits per heavy atom. The van der Waals surface area contributed by atoms with Crippen LogP contribution in [-0.4, -0.2) is 15.8 Å². The van der Waals surface area contributed by atoms with E-state index < -0.39 is 0 Å². The summed E-state index contributed by atoms with van der Waals surface area (Å²) in [5.41, 5.74) is 2.07. The van der Waals surface area contributed by atoms with E-state index in [4.69, 9.17) is 0 Å². The third-order valence-electron chi connectivity index (χ3n) is 4.09. The maximum absolute atomic E-state index is 13.0. The zero-order chi connectivity index (χ0) is 16.5. The molecule has 1 unspecified atom stereocenters. The first-order valence-electron chi connectivity index (χ1n) is 7.64. The highest BCUT2D eigenvalue weighted by Crippen LogP contribution is 2.34. The van der Waals surface area contributed by atoms with Gasteiger partial charge in [0.05, 0.1) is 11.3 Å². The lowest BCUT2D eigenvalue weighted by atomic mass is 9.86. The first kappa shape index (κ1) is 15.0. The number of anilines is 2. The van der Waals surface area contributed by atoms with Crippen LogP contribution in [0.4, 0.5) is 16.0 Å². The second-order valence-corrected chi connectivity index (χ2v) is 6.71. The first-order chi connectivity index (χ1) is 11.7. The minimum atomic E-state index is -0.295. The van der Waals surface area contributed by atoms with Crippen molar-refractivity contribution in [1.82, 2.24) is 9.97 Å². The maximum atomic E-state index is 13.0. The molecule has 0 saturated heterocycles. The van der Waals surface area contributed by atoms with Gasteiger partial charge in [-0.05, 0) is 42.1 Å². The Kier molecular flexibility index (Phi) is 3.82. The van der Waals surface area contributed by atoms with Crippen LogP contribution in [0.2, 0.25) is 0 Å². The largest absolute Gasteiger partial charge is 0.324 e. The number of Topliss-reactive ketones (excluding diaryl/α,β-unsaturated/α-hetero) is 1. The van der Waals surface area contributed by atoms with Crippen LogP contribution in [0.1, 0.15) is 33.3 Å². The van der Waals surface area contributed by atoms with Crippen LogP contribution >= 0.6 is 11.3 Å². The number of carbonyl (C=O) groups excluding carboxylic acids is 1. The molecule has 24 heavy (non-hydrogen) atoms. The number of hydrogen-bond acceptors (Lipinski definition) is 5. The molecule has 1 aliphatic carbocycles. The monoisotopic (exact) mass is 339 g/mol. The van der Waals surface area contributed by atoms with E-state index in [9.17, 15) is 9.18 Å². The van der Waals surface area contributed by atoms with Gasteiger partial charge in [-0.1, -0.05) is 6.07 Å². The molecular formula is C18H14FN3OS. The van der Waals surface area contributed by atoms with Crippen molar-refractivity contribution in [3.8, 4) is 0 Å². The van der Waals surface area contributed by atoms with Crippen molar-refractivity contribution >= 4 is 28.8 Å². The smallest absolute Gasteiger partial charge is 0.227 e. The molecule has 0 radical (unpaired) electrons. The van der Waals surface area contributed by atoms with Gasteiger partial charge in [-0.2, -0.15) is 0 Å². The van der Waals surface area contributed by atoms with Gasteiger partial charge < -0.3 is 5.32 Å². The molecule has 0 aliphatic heterocycles. The Bertz CT molecular complexity index is 878. The van der Waals surface area contributed by atoms with Crippen LogP contribution < -0.4 is 5.32 Å². The van der Waals surface area contributed by atoms with Gasteiger partial charge in [0.15, 0.2) is 5.78 Å². The fourth-order valence-corrected chi connectivity index (χ4v) is 3.72. The molecule has 0 amide bonds. The van der Waals surface area contributed by atoms with Gasteiger partial charge in [0.1, 0.15) is 5.82 Å². The van der Waals surface area contributed by atoms with E-state index in [1.165, 1.54) is 17.0 Å². The van der Waals surface area contributed by atoms with Crippen LogP contribution in [0.5, 0.6) is 0 Å². The van der Waals surface area contributed by atoms with E-state index in [-0.39, 0.29) is 17.5 Å². The molecule has 2 heterocycles. The Morgan fingerprint density at radius 1 is 1.17 bits per heavy atom. The van der Waals surface area contributed by atoms with Crippen LogP contribution in [0.15, 0.2) is 48.0 Å². The second-order valence-electron chi connectivity index (χ2n) is 5.73. The van der Waals surface area contributed by atoms with Gasteiger partial charge >= 0.3 is 0 Å². The molecule has 3 aromatic rings. The van der Waals surface area contributed by atoms with Crippen molar-refractivity contribution < 1.29 is 9.18 Å². The highest BCUT2D eigenvalue weighted by atomic mass is 32.1. The molecule has 4 rings (SSSR count). The minimum absolute atomic E-state index is 0.0861. The summed E-state index contributed by atoms with van der Waals surface area (Å²) in [5, 5.41) is 5.07. The number of hydrogen-bond donors (Lipinski definition) is 1. The topological polar surface area (TPSA) is 54.9 Å². The van der Waals surface area contributed by atoms with Crippen LogP contribution in [0.25, 0.3) is 0 Å². The SMILES string of the molecule is O=C1CC(c2cccs2)Cc2nc(Nc3ccc(F)cc3)ncc21. The fraction of sp³-hybridized carbons (Fsp3) is 0.167. The van der Waals surface area contributed by atoms with E-state index in [1.54, 1.807) is 29.7 Å². The van der Waals surface area contributed by atoms with E-state index in [0.29, 0.717) is 23.6 Å². The minimum Gasteiger partial charge on any atom is -0.324 e. The number of carbonyl (C=O) groups is 1. The van der Waals surface area contributed by atoms with E-state index >= 15 is 0 Å². The highest BCUT2D eigenvalue weighted by Gasteiger charge is 2.28. The molecule has 0 fully saturated rings. The lowest BCUT2D eigenvalue weighted by Crippen LogP contribution is -2.20. The summed E-state index contributed by atoms with van der Waals surface area (Å²) in [5.74, 6) is 0.387. The first-order valence-corrected chi connectivity index (χ1v) is 8.52. The number of rotatable bonds is 3. The molecule has 2 aromatic heterocycles. The Balaban J connectivity index is 1.61. The summed E-state index contributed by atoms with van der Waals surface area (Å²) in [4.78, 5) is 22.3. The van der Waals surface area contributed by atoms with Gasteiger partial charge in [-0.25, -0.2) is 14.4 Å². The van der Waals surface area contributed by atoms with Gasteiger partial charge in [0.25, 0.3) is 0 Å². The average Bonchev–Trinajstić information content (AvgIpc) is 3.11. The van der Waals surface area contributed by atoms with E-state index in [1.807, 2.05) is 11.4 Å². The molecule has 4 nitrogen and oxygen atoms in total. The normalized spacial score (nSPS) is 16.7. The molecular weight excluding hydrogens is 325 g/mol. The van der Waals surface area contributed by atoms with Crippen molar-refractivity contribution in [1.29, 1.82) is 0 Å². The zero-order valence-corrected chi connectivity index (χ0v) is 13.5. The summed E-state index contributed by atoms with van der Waals surface area (Å²) in [6.07, 6.45) is 2.81. The summed E-state index contributed by atoms with van der Waals surface area (Å²) in [6.45, 7) is 0. The van der Waals surface area contributed by atoms with Crippen molar-refractivity contribution in [2.24, 2.45) is 0 Å². The van der Waals surface area contributed by atoms with Crippen molar-refractivity contribution in [2.75, 3.05) is 5.32 Å². The Labute approximate surface area is 142 Å². The molecule has 1 N–H and O–H groups in total. The lowest BCUT2D eigenvalue weighted by Gasteiger charge is -2.22. The van der Waals surface area contributed by atoms with Gasteiger partial charge in [-0.15, -0.1) is 11.3 Å². The summed E-state index contributed by atoms with van der Waals surface area (Å²) < 4.78 is 13.0. The highest BCUT2D eigenvalue weighted by molar-refractivity contribution is 7.10. The summed E-state index contributed by atoms with van der Waals surface area (Å²) in [6, 6.07) is 10.1. The fourth-order valence-electron chi connectivity index (χ4n) is 2.89. The van der Waals surface area contributed by atoms with Crippen LogP contribution in [0.3, 0.4) is 0 Å². The van der Waals surface area contributed by atoms with Crippen LogP contribution in [0, 0.1) is 5.82 Å². The Hall–Kier alpha value is -2.60. The number of ketones is 1. The van der Waals surface area contributed by atoms with Crippen molar-refractivity contribution in [3.05, 3.63) is 69.9 Å². The number of benzene rings is 1. The number of nitrogens with one attached hydrogen (secondary N) is 1. The van der Waals surface area contributed by atoms with Crippen LogP contribution in [-0.2, 0) is 6.42 Å². The number of nitrogens with zero attached hydrogens (tertiary/aromatic N) is 2. The predicted octanol–water partition coefficient (Wildman–Crippen LogP) is 4.33. The Morgan fingerprint density at radius 3 is 2.75 bits per heavy atom. The standard InChI is InChI=1S/C18H14FN3OS/c19-12-3-5-13(6-4-12)21-18-20-10-14-15(22-18)8-11(9-16(14)23)17-2-1-7-24-17/h1-7,10-11H,8-9H2,(H,20,21,22). The predicted molar refractivity (Wildman–Crippen MR) is 91.4 cm³/mol. The third-order valence-corrected chi connectivity index (χ3v) is 5.12. The van der Waals surface area contributed by atoms with Crippen molar-refractivity contribution in [3.63, 3.8) is 0 Å². The third kappa shape index (κ3) is 2.92.